The Morgan fingerprint density at radius 3 is 1.00 bits per heavy atom. The van der Waals surface area contributed by atoms with E-state index in [4.69, 9.17) is 0 Å². The molecule has 1 aromatic rings. The molecule has 0 radical (unpaired) electrons. The van der Waals surface area contributed by atoms with Crippen LogP contribution in [0.2, 0.25) is 13.1 Å². The van der Waals surface area contributed by atoms with Crippen molar-refractivity contribution in [1.29, 1.82) is 0 Å². The van der Waals surface area contributed by atoms with E-state index >= 15 is 0 Å². The molecule has 0 N–H and O–H groups in total. The minimum absolute atomic E-state index is 0. The summed E-state index contributed by atoms with van der Waals surface area (Å²) in [4.78, 5) is 0. The Morgan fingerprint density at radius 2 is 0.920 bits per heavy atom. The van der Waals surface area contributed by atoms with Crippen LogP contribution < -0.4 is 5.19 Å². The van der Waals surface area contributed by atoms with Crippen molar-refractivity contribution < 1.29 is 30.0 Å². The fraction of sp³-hybridized carbons (Fsp3) is 0.737. The van der Waals surface area contributed by atoms with Gasteiger partial charge in [-0.1, -0.05) is 41.5 Å². The van der Waals surface area contributed by atoms with Crippen LogP contribution in [0.1, 0.15) is 41.5 Å². The summed E-state index contributed by atoms with van der Waals surface area (Å²) in [7, 11) is -2.48. The Hall–Kier alpha value is 0.247. The zero-order chi connectivity index (χ0) is 19.3. The van der Waals surface area contributed by atoms with Crippen molar-refractivity contribution in [3.05, 3.63) is 40.2 Å². The Bertz CT molecular complexity index is 284. The molecule has 0 amide bonds. The molecule has 0 aliphatic rings. The van der Waals surface area contributed by atoms with Gasteiger partial charge >= 0.3 is 25.8 Å². The molecular formula is C19H40FHfN3Si. The van der Waals surface area contributed by atoms with Gasteiger partial charge in [-0.15, -0.1) is 5.19 Å². The van der Waals surface area contributed by atoms with Crippen LogP contribution >= 0.6 is 0 Å². The summed E-state index contributed by atoms with van der Waals surface area (Å²) in [5.74, 6) is 0. The average molecular weight is 536 g/mol. The van der Waals surface area contributed by atoms with Gasteiger partial charge in [0.05, 0.1) is 0 Å². The first kappa shape index (κ1) is 32.9. The van der Waals surface area contributed by atoms with Gasteiger partial charge in [0.2, 0.25) is 8.41 Å². The Kier molecular flexibility index (Phi) is 34.8. The van der Waals surface area contributed by atoms with Gasteiger partial charge < -0.3 is 20.1 Å². The summed E-state index contributed by atoms with van der Waals surface area (Å²) in [6, 6.07) is 7.46. The van der Waals surface area contributed by atoms with Crippen LogP contribution in [0.15, 0.2) is 24.3 Å². The minimum atomic E-state index is -2.48. The molecule has 25 heavy (non-hydrogen) atoms. The van der Waals surface area contributed by atoms with Crippen LogP contribution in [-0.4, -0.2) is 47.7 Å². The summed E-state index contributed by atoms with van der Waals surface area (Å²) in [6.45, 7) is 21.5. The van der Waals surface area contributed by atoms with Crippen LogP contribution in [0.25, 0.3) is 16.0 Å². The normalized spacial score (nSPS) is 9.32. The molecule has 0 aliphatic carbocycles. The summed E-state index contributed by atoms with van der Waals surface area (Å²) in [5.41, 5.74) is 0. The first-order chi connectivity index (χ1) is 11.3. The summed E-state index contributed by atoms with van der Waals surface area (Å²) < 4.78 is 13.1. The molecule has 0 aromatic heterocycles. The maximum absolute atomic E-state index is 13.1. The zero-order valence-corrected chi connectivity index (χ0v) is 22.4. The quantitative estimate of drug-likeness (QED) is 0.234. The van der Waals surface area contributed by atoms with E-state index in [1.807, 2.05) is 65.8 Å². The first-order valence-electron chi connectivity index (χ1n) is 9.16. The molecule has 0 bridgehead atoms. The van der Waals surface area contributed by atoms with Gasteiger partial charge in [-0.2, -0.15) is 51.4 Å². The van der Waals surface area contributed by atoms with Crippen LogP contribution in [0.5, 0.6) is 0 Å². The first-order valence-corrected chi connectivity index (χ1v) is 12.0. The van der Waals surface area contributed by atoms with Crippen LogP contribution in [-0.2, 0) is 25.8 Å². The second kappa shape index (κ2) is 26.5. The van der Waals surface area contributed by atoms with E-state index in [2.05, 4.69) is 16.0 Å². The fourth-order valence-corrected chi connectivity index (χ4v) is 2.43. The maximum atomic E-state index is 13.1. The van der Waals surface area contributed by atoms with E-state index in [1.165, 1.54) is 0 Å². The molecule has 146 valence electrons. The van der Waals surface area contributed by atoms with Crippen molar-refractivity contribution in [3.63, 3.8) is 0 Å². The van der Waals surface area contributed by atoms with Crippen molar-refractivity contribution in [3.8, 4) is 0 Å². The number of nitrogens with zero attached hydrogens (tertiary/aromatic N) is 3. The van der Waals surface area contributed by atoms with Crippen molar-refractivity contribution in [2.75, 3.05) is 39.3 Å². The summed E-state index contributed by atoms with van der Waals surface area (Å²) in [6.07, 6.45) is 0. The topological polar surface area (TPSA) is 42.3 Å². The molecule has 0 spiro atoms. The molecule has 6 heteroatoms. The monoisotopic (exact) mass is 537 g/mol. The number of hydrogen-bond acceptors (Lipinski definition) is 0. The van der Waals surface area contributed by atoms with E-state index < -0.39 is 8.41 Å². The van der Waals surface area contributed by atoms with E-state index in [0.717, 1.165) is 44.5 Å². The third-order valence-corrected chi connectivity index (χ3v) is 4.40. The molecule has 1 rings (SSSR count). The van der Waals surface area contributed by atoms with Crippen molar-refractivity contribution in [2.45, 2.75) is 54.6 Å². The molecule has 0 fully saturated rings. The zero-order valence-electron chi connectivity index (χ0n) is 17.8. The van der Waals surface area contributed by atoms with E-state index in [9.17, 15) is 4.11 Å². The van der Waals surface area contributed by atoms with Crippen LogP contribution in [0.3, 0.4) is 0 Å². The molecular weight excluding hydrogens is 496 g/mol. The molecule has 0 saturated carbocycles. The van der Waals surface area contributed by atoms with Gasteiger partial charge in [0.15, 0.2) is 0 Å². The predicted octanol–water partition coefficient (Wildman–Crippen LogP) is 5.98. The molecule has 0 heterocycles. The van der Waals surface area contributed by atoms with Gasteiger partial charge in [-0.05, 0) is 13.1 Å². The van der Waals surface area contributed by atoms with Gasteiger partial charge in [0, 0.05) is 0 Å². The van der Waals surface area contributed by atoms with Crippen LogP contribution in [0.4, 0.5) is 4.11 Å². The maximum Gasteiger partial charge on any atom is 4.00 e. The molecule has 1 aromatic carbocycles. The summed E-state index contributed by atoms with van der Waals surface area (Å²) in [5, 5.41) is 12.8. The third kappa shape index (κ3) is 32.4. The second-order valence-corrected chi connectivity index (χ2v) is 8.74. The Balaban J connectivity index is -0.000000122. The third-order valence-electron chi connectivity index (χ3n) is 2.69. The molecule has 0 atom stereocenters. The van der Waals surface area contributed by atoms with E-state index in [0.29, 0.717) is 0 Å². The van der Waals surface area contributed by atoms with Crippen molar-refractivity contribution in [2.24, 2.45) is 0 Å². The Morgan fingerprint density at radius 1 is 0.680 bits per heavy atom. The Labute approximate surface area is 177 Å². The molecule has 3 nitrogen and oxygen atoms in total. The minimum Gasteiger partial charge on any atom is -0.663 e. The number of halogens is 1. The van der Waals surface area contributed by atoms with Gasteiger partial charge in [-0.25, -0.2) is 12.1 Å². The SMILES string of the molecule is CC[N-]CC.CC[N-]CC.CC[N-]CC.C[Si](C)(F)[c-]1cccc1.[Hf+4]. The summed E-state index contributed by atoms with van der Waals surface area (Å²) >= 11 is 0. The largest absolute Gasteiger partial charge is 4.00 e. The van der Waals surface area contributed by atoms with Crippen molar-refractivity contribution in [1.82, 2.24) is 0 Å². The number of rotatable bonds is 7. The fourth-order valence-electron chi connectivity index (χ4n) is 1.44. The number of hydrogen-bond donors (Lipinski definition) is 0. The van der Waals surface area contributed by atoms with Crippen molar-refractivity contribution >= 4 is 13.6 Å². The van der Waals surface area contributed by atoms with E-state index in [1.54, 1.807) is 13.1 Å². The predicted molar refractivity (Wildman–Crippen MR) is 114 cm³/mol. The van der Waals surface area contributed by atoms with Gasteiger partial charge in [0.25, 0.3) is 0 Å². The molecule has 0 saturated heterocycles. The van der Waals surface area contributed by atoms with Gasteiger partial charge in [-0.3, -0.25) is 0 Å². The average Bonchev–Trinajstić information content (AvgIpc) is 3.06. The van der Waals surface area contributed by atoms with Crippen LogP contribution in [0, 0.1) is 0 Å². The standard InChI is InChI=1S/C7H10FSi.3C4H10N.Hf/c1-9(2,8)7-5-3-4-6-7;3*1-3-5-4-2;/h3-6H,1-2H3;3*3-4H2,1-2H3;/q4*-1;+4. The van der Waals surface area contributed by atoms with E-state index in [-0.39, 0.29) is 25.8 Å². The van der Waals surface area contributed by atoms with Gasteiger partial charge in [0.1, 0.15) is 0 Å². The smallest absolute Gasteiger partial charge is 0.663 e. The molecule has 0 unspecified atom stereocenters. The second-order valence-electron chi connectivity index (χ2n) is 5.21. The molecule has 0 aliphatic heterocycles.